The van der Waals surface area contributed by atoms with E-state index >= 15 is 0 Å². The van der Waals surface area contributed by atoms with Crippen LogP contribution in [0.2, 0.25) is 5.02 Å². The summed E-state index contributed by atoms with van der Waals surface area (Å²) in [6.07, 6.45) is 1.69. The number of hydrogen-bond acceptors (Lipinski definition) is 6. The first kappa shape index (κ1) is 23.6. The maximum Gasteiger partial charge on any atom is 0.339 e. The quantitative estimate of drug-likeness (QED) is 0.301. The number of carbonyl (C=O) groups excluding carboxylic acids is 1. The molecule has 1 amide bonds. The van der Waals surface area contributed by atoms with Crippen molar-refractivity contribution in [2.24, 2.45) is 4.99 Å². The van der Waals surface area contributed by atoms with E-state index < -0.39 is 10.1 Å². The maximum atomic E-state index is 12.5. The number of thioether (sulfide) groups is 1. The number of hydrogen-bond donors (Lipinski definition) is 1. The molecule has 1 heterocycles. The lowest BCUT2D eigenvalue weighted by Gasteiger charge is -2.09. The Morgan fingerprint density at radius 1 is 1.06 bits per heavy atom. The van der Waals surface area contributed by atoms with Crippen LogP contribution in [0.15, 0.2) is 86.0 Å². The first-order valence-electron chi connectivity index (χ1n) is 9.55. The third kappa shape index (κ3) is 5.86. The van der Waals surface area contributed by atoms with Gasteiger partial charge >= 0.3 is 10.1 Å². The fourth-order valence-electron chi connectivity index (χ4n) is 2.81. The van der Waals surface area contributed by atoms with Gasteiger partial charge in [-0.1, -0.05) is 35.4 Å². The van der Waals surface area contributed by atoms with Crippen molar-refractivity contribution in [2.45, 2.75) is 11.8 Å². The summed E-state index contributed by atoms with van der Waals surface area (Å²) in [7, 11) is -3.97. The molecule has 1 aliphatic heterocycles. The summed E-state index contributed by atoms with van der Waals surface area (Å²) in [4.78, 5) is 17.3. The lowest BCUT2D eigenvalue weighted by Crippen LogP contribution is -2.19. The Bertz CT molecular complexity index is 1390. The van der Waals surface area contributed by atoms with E-state index in [0.29, 0.717) is 30.8 Å². The minimum absolute atomic E-state index is 0.0673. The van der Waals surface area contributed by atoms with E-state index in [0.717, 1.165) is 5.56 Å². The summed E-state index contributed by atoms with van der Waals surface area (Å²) in [6.45, 7) is 1.87. The molecular weight excluding hydrogens is 548 g/mol. The molecule has 0 saturated carbocycles. The van der Waals surface area contributed by atoms with Crippen molar-refractivity contribution in [2.75, 3.05) is 0 Å². The number of halogens is 2. The summed E-state index contributed by atoms with van der Waals surface area (Å²) in [5, 5.41) is 3.78. The van der Waals surface area contributed by atoms with E-state index in [1.807, 2.05) is 6.92 Å². The highest BCUT2D eigenvalue weighted by Gasteiger charge is 2.24. The molecule has 168 valence electrons. The first-order chi connectivity index (χ1) is 15.7. The van der Waals surface area contributed by atoms with Crippen LogP contribution in [0.5, 0.6) is 5.75 Å². The number of aryl methyl sites for hydroxylation is 1. The van der Waals surface area contributed by atoms with Gasteiger partial charge in [-0.05, 0) is 94.8 Å². The lowest BCUT2D eigenvalue weighted by molar-refractivity contribution is -0.115. The average molecular weight is 564 g/mol. The summed E-state index contributed by atoms with van der Waals surface area (Å²) in [5.74, 6) is -0.127. The Hall–Kier alpha value is -2.59. The molecule has 0 unspecified atom stereocenters. The molecule has 0 radical (unpaired) electrons. The Labute approximate surface area is 209 Å². The molecule has 1 aliphatic rings. The average Bonchev–Trinajstić information content (AvgIpc) is 3.10. The molecule has 0 aliphatic carbocycles. The van der Waals surface area contributed by atoms with Crippen molar-refractivity contribution in [1.29, 1.82) is 0 Å². The van der Waals surface area contributed by atoms with Gasteiger partial charge in [-0.15, -0.1) is 0 Å². The summed E-state index contributed by atoms with van der Waals surface area (Å²) in [5.41, 5.74) is 2.30. The summed E-state index contributed by atoms with van der Waals surface area (Å²) in [6, 6.07) is 18.2. The van der Waals surface area contributed by atoms with Crippen molar-refractivity contribution >= 4 is 72.2 Å². The van der Waals surface area contributed by atoms with Crippen LogP contribution in [-0.4, -0.2) is 19.5 Å². The van der Waals surface area contributed by atoms with Gasteiger partial charge in [0.2, 0.25) is 0 Å². The molecule has 3 aromatic rings. The van der Waals surface area contributed by atoms with E-state index in [1.54, 1.807) is 54.6 Å². The summed E-state index contributed by atoms with van der Waals surface area (Å²) >= 11 is 10.4. The van der Waals surface area contributed by atoms with Gasteiger partial charge in [0.15, 0.2) is 10.9 Å². The Morgan fingerprint density at radius 3 is 2.42 bits per heavy atom. The highest BCUT2D eigenvalue weighted by atomic mass is 79.9. The zero-order valence-corrected chi connectivity index (χ0v) is 21.1. The second kappa shape index (κ2) is 9.72. The van der Waals surface area contributed by atoms with Crippen molar-refractivity contribution in [1.82, 2.24) is 5.32 Å². The molecule has 0 atom stereocenters. The molecule has 4 rings (SSSR count). The van der Waals surface area contributed by atoms with Crippen molar-refractivity contribution in [3.05, 3.63) is 92.3 Å². The highest BCUT2D eigenvalue weighted by molar-refractivity contribution is 9.10. The Balaban J connectivity index is 1.51. The van der Waals surface area contributed by atoms with Gasteiger partial charge in [0.1, 0.15) is 4.90 Å². The Kier molecular flexibility index (Phi) is 6.94. The smallest absolute Gasteiger partial charge is 0.339 e. The molecule has 33 heavy (non-hydrogen) atoms. The third-order valence-electron chi connectivity index (χ3n) is 4.47. The second-order valence-corrected chi connectivity index (χ2v) is 10.9. The number of amidine groups is 1. The van der Waals surface area contributed by atoms with E-state index in [-0.39, 0.29) is 16.6 Å². The number of rotatable bonds is 5. The van der Waals surface area contributed by atoms with Crippen LogP contribution in [0.4, 0.5) is 5.69 Å². The van der Waals surface area contributed by atoms with E-state index in [2.05, 4.69) is 26.2 Å². The standard InChI is InChI=1S/C23H16BrClN2O4S2/c1-14-2-9-18(10-3-14)33(29,30)31-20-11-4-15(12-19(20)24)13-21-22(28)27-23(32-21)26-17-7-5-16(25)6-8-17/h2-13H,1H3,(H,26,27,28)/b21-13+. The highest BCUT2D eigenvalue weighted by Crippen LogP contribution is 2.32. The lowest BCUT2D eigenvalue weighted by atomic mass is 10.2. The molecule has 0 spiro atoms. The van der Waals surface area contributed by atoms with Gasteiger partial charge < -0.3 is 9.50 Å². The molecule has 1 fully saturated rings. The number of benzene rings is 3. The van der Waals surface area contributed by atoms with Gasteiger partial charge in [-0.3, -0.25) is 4.79 Å². The minimum Gasteiger partial charge on any atom is -0.378 e. The first-order valence-corrected chi connectivity index (χ1v) is 12.9. The topological polar surface area (TPSA) is 84.8 Å². The number of aliphatic imine (C=N–C) groups is 1. The zero-order valence-electron chi connectivity index (χ0n) is 17.1. The van der Waals surface area contributed by atoms with Crippen molar-refractivity contribution in [3.8, 4) is 5.75 Å². The molecule has 0 aromatic heterocycles. The molecule has 10 heteroatoms. The number of nitrogens with one attached hydrogen (secondary N) is 1. The van der Waals surface area contributed by atoms with Crippen molar-refractivity contribution < 1.29 is 17.4 Å². The molecule has 3 aromatic carbocycles. The minimum atomic E-state index is -3.97. The monoisotopic (exact) mass is 562 g/mol. The molecule has 1 N–H and O–H groups in total. The largest absolute Gasteiger partial charge is 0.378 e. The molecule has 6 nitrogen and oxygen atoms in total. The van der Waals surface area contributed by atoms with Crippen LogP contribution in [0, 0.1) is 6.92 Å². The molecule has 0 bridgehead atoms. The number of carbonyl (C=O) groups is 1. The number of amides is 1. The maximum absolute atomic E-state index is 12.5. The Morgan fingerprint density at radius 2 is 1.76 bits per heavy atom. The van der Waals surface area contributed by atoms with E-state index in [1.165, 1.54) is 30.0 Å². The van der Waals surface area contributed by atoms with Gasteiger partial charge in [0.25, 0.3) is 5.91 Å². The van der Waals surface area contributed by atoms with Gasteiger partial charge in [-0.25, -0.2) is 4.99 Å². The van der Waals surface area contributed by atoms with Gasteiger partial charge in [0.05, 0.1) is 15.1 Å². The van der Waals surface area contributed by atoms with Crippen LogP contribution in [0.3, 0.4) is 0 Å². The SMILES string of the molecule is Cc1ccc(S(=O)(=O)Oc2ccc(/C=C3/SC(=Nc4ccc(Cl)cc4)NC3=O)cc2Br)cc1. The van der Waals surface area contributed by atoms with Crippen LogP contribution in [-0.2, 0) is 14.9 Å². The van der Waals surface area contributed by atoms with E-state index in [4.69, 9.17) is 15.8 Å². The number of nitrogens with zero attached hydrogens (tertiary/aromatic N) is 1. The van der Waals surface area contributed by atoms with Crippen LogP contribution >= 0.6 is 39.3 Å². The molecular formula is C23H16BrClN2O4S2. The van der Waals surface area contributed by atoms with Crippen LogP contribution in [0.25, 0.3) is 6.08 Å². The zero-order chi connectivity index (χ0) is 23.6. The third-order valence-corrected chi connectivity index (χ3v) is 7.50. The normalized spacial score (nSPS) is 16.3. The predicted molar refractivity (Wildman–Crippen MR) is 135 cm³/mol. The fraction of sp³-hybridized carbons (Fsp3) is 0.0435. The predicted octanol–water partition coefficient (Wildman–Crippen LogP) is 6.07. The fourth-order valence-corrected chi connectivity index (χ4v) is 5.31. The van der Waals surface area contributed by atoms with Gasteiger partial charge in [0, 0.05) is 5.02 Å². The van der Waals surface area contributed by atoms with E-state index in [9.17, 15) is 13.2 Å². The van der Waals surface area contributed by atoms with Crippen LogP contribution in [0.1, 0.15) is 11.1 Å². The van der Waals surface area contributed by atoms with Crippen molar-refractivity contribution in [3.63, 3.8) is 0 Å². The van der Waals surface area contributed by atoms with Gasteiger partial charge in [-0.2, -0.15) is 8.42 Å². The van der Waals surface area contributed by atoms with Crippen LogP contribution < -0.4 is 9.50 Å². The second-order valence-electron chi connectivity index (χ2n) is 7.00. The summed E-state index contributed by atoms with van der Waals surface area (Å²) < 4.78 is 30.8. The molecule has 1 saturated heterocycles.